The van der Waals surface area contributed by atoms with E-state index in [9.17, 15) is 14.9 Å². The Morgan fingerprint density at radius 3 is 3.06 bits per heavy atom. The molecule has 1 aliphatic heterocycles. The van der Waals surface area contributed by atoms with E-state index in [2.05, 4.69) is 5.10 Å². The van der Waals surface area contributed by atoms with Crippen molar-refractivity contribution in [1.82, 2.24) is 9.78 Å². The summed E-state index contributed by atoms with van der Waals surface area (Å²) in [6, 6.07) is 0. The highest BCUT2D eigenvalue weighted by Gasteiger charge is 2.26. The third kappa shape index (κ3) is 2.50. The van der Waals surface area contributed by atoms with Crippen LogP contribution in [0.3, 0.4) is 0 Å². The minimum atomic E-state index is -0.547. The molecule has 17 heavy (non-hydrogen) atoms. The fourth-order valence-electron chi connectivity index (χ4n) is 1.85. The molecule has 0 amide bonds. The van der Waals surface area contributed by atoms with Gasteiger partial charge in [0.25, 0.3) is 0 Å². The summed E-state index contributed by atoms with van der Waals surface area (Å²) in [6.45, 7) is 2.73. The van der Waals surface area contributed by atoms with Crippen molar-refractivity contribution < 1.29 is 14.5 Å². The summed E-state index contributed by atoms with van der Waals surface area (Å²) in [5.41, 5.74) is 0.463. The summed E-state index contributed by atoms with van der Waals surface area (Å²) >= 11 is 0. The molecule has 1 fully saturated rings. The van der Waals surface area contributed by atoms with E-state index in [-0.39, 0.29) is 24.1 Å². The zero-order valence-corrected chi connectivity index (χ0v) is 9.46. The number of hydrogen-bond donors (Lipinski definition) is 0. The Balaban J connectivity index is 2.05. The number of carbonyl (C=O) groups excluding carboxylic acids is 1. The molecule has 7 heteroatoms. The highest BCUT2D eigenvalue weighted by atomic mass is 16.6. The van der Waals surface area contributed by atoms with Gasteiger partial charge in [-0.2, -0.15) is 4.68 Å². The number of ether oxygens (including phenoxy) is 1. The van der Waals surface area contributed by atoms with Crippen LogP contribution in [-0.2, 0) is 16.1 Å². The number of nitrogens with zero attached hydrogens (tertiary/aromatic N) is 3. The Morgan fingerprint density at radius 2 is 2.53 bits per heavy atom. The van der Waals surface area contributed by atoms with E-state index >= 15 is 0 Å². The second-order valence-corrected chi connectivity index (χ2v) is 4.12. The third-order valence-electron chi connectivity index (χ3n) is 2.79. The van der Waals surface area contributed by atoms with Crippen LogP contribution in [0.2, 0.25) is 0 Å². The van der Waals surface area contributed by atoms with Crippen molar-refractivity contribution >= 4 is 11.6 Å². The molecule has 92 valence electrons. The molecule has 2 heterocycles. The fourth-order valence-corrected chi connectivity index (χ4v) is 1.85. The van der Waals surface area contributed by atoms with Crippen LogP contribution in [0, 0.1) is 23.0 Å². The highest BCUT2D eigenvalue weighted by Crippen LogP contribution is 2.17. The molecule has 0 bridgehead atoms. The van der Waals surface area contributed by atoms with Gasteiger partial charge < -0.3 is 14.9 Å². The van der Waals surface area contributed by atoms with Crippen molar-refractivity contribution in [2.75, 3.05) is 13.2 Å². The first-order valence-electron chi connectivity index (χ1n) is 5.37. The van der Waals surface area contributed by atoms with Gasteiger partial charge in [-0.1, -0.05) is 0 Å². The molecule has 1 unspecified atom stereocenters. The first-order chi connectivity index (χ1) is 8.08. The number of carbonyl (C=O) groups is 1. The maximum absolute atomic E-state index is 11.8. The lowest BCUT2D eigenvalue weighted by molar-refractivity contribution is -0.390. The second-order valence-electron chi connectivity index (χ2n) is 4.12. The lowest BCUT2D eigenvalue weighted by atomic mass is 10.0. The molecular weight excluding hydrogens is 226 g/mol. The zero-order chi connectivity index (χ0) is 12.4. The van der Waals surface area contributed by atoms with Crippen LogP contribution in [0.15, 0.2) is 6.20 Å². The summed E-state index contributed by atoms with van der Waals surface area (Å²) in [5, 5.41) is 14.4. The monoisotopic (exact) mass is 239 g/mol. The molecule has 1 saturated heterocycles. The Labute approximate surface area is 97.5 Å². The van der Waals surface area contributed by atoms with Crippen LogP contribution >= 0.6 is 0 Å². The Bertz CT molecular complexity index is 448. The van der Waals surface area contributed by atoms with Crippen LogP contribution in [0.5, 0.6) is 0 Å². The van der Waals surface area contributed by atoms with E-state index in [4.69, 9.17) is 4.74 Å². The maximum atomic E-state index is 11.8. The molecule has 1 aromatic heterocycles. The van der Waals surface area contributed by atoms with Gasteiger partial charge in [-0.05, 0) is 18.3 Å². The highest BCUT2D eigenvalue weighted by molar-refractivity contribution is 5.81. The molecule has 1 aliphatic rings. The Kier molecular flexibility index (Phi) is 3.19. The van der Waals surface area contributed by atoms with E-state index < -0.39 is 4.92 Å². The summed E-state index contributed by atoms with van der Waals surface area (Å²) in [5.74, 6) is -0.279. The molecule has 0 spiro atoms. The van der Waals surface area contributed by atoms with Crippen molar-refractivity contribution in [3.05, 3.63) is 21.9 Å². The number of ketones is 1. The quantitative estimate of drug-likeness (QED) is 0.570. The number of Topliss-reactive ketones (excluding diaryl/α,β-unsaturated/α-hetero) is 1. The molecule has 1 aromatic rings. The van der Waals surface area contributed by atoms with Gasteiger partial charge in [-0.3, -0.25) is 4.79 Å². The van der Waals surface area contributed by atoms with E-state index in [1.54, 1.807) is 6.92 Å². The molecule has 0 aromatic carbocycles. The summed E-state index contributed by atoms with van der Waals surface area (Å²) < 4.78 is 6.45. The first kappa shape index (κ1) is 11.7. The van der Waals surface area contributed by atoms with Crippen molar-refractivity contribution in [3.63, 3.8) is 0 Å². The summed E-state index contributed by atoms with van der Waals surface area (Å²) in [6.07, 6.45) is 2.24. The number of nitro groups is 1. The van der Waals surface area contributed by atoms with E-state index in [0.29, 0.717) is 18.8 Å². The largest absolute Gasteiger partial charge is 0.392 e. The van der Waals surface area contributed by atoms with Crippen LogP contribution in [0.1, 0.15) is 12.0 Å². The Hall–Kier alpha value is -1.76. The minimum absolute atomic E-state index is 0.0138. The van der Waals surface area contributed by atoms with E-state index in [0.717, 1.165) is 6.42 Å². The van der Waals surface area contributed by atoms with Crippen LogP contribution in [-0.4, -0.2) is 33.7 Å². The third-order valence-corrected chi connectivity index (χ3v) is 2.79. The van der Waals surface area contributed by atoms with Crippen molar-refractivity contribution in [1.29, 1.82) is 0 Å². The van der Waals surface area contributed by atoms with Gasteiger partial charge in [0.05, 0.1) is 23.5 Å². The molecular formula is C10H13N3O4. The fraction of sp³-hybridized carbons (Fsp3) is 0.600. The molecule has 0 N–H and O–H groups in total. The summed E-state index contributed by atoms with van der Waals surface area (Å²) in [4.78, 5) is 21.8. The van der Waals surface area contributed by atoms with E-state index in [1.165, 1.54) is 10.9 Å². The smallest absolute Gasteiger partial charge is 0.381 e. The van der Waals surface area contributed by atoms with Crippen LogP contribution in [0.4, 0.5) is 5.82 Å². The van der Waals surface area contributed by atoms with Gasteiger partial charge in [0.2, 0.25) is 0 Å². The molecule has 1 atom stereocenters. The average Bonchev–Trinajstić information content (AvgIpc) is 2.86. The predicted molar refractivity (Wildman–Crippen MR) is 57.6 cm³/mol. The molecule has 0 aliphatic carbocycles. The normalized spacial score (nSPS) is 19.5. The first-order valence-corrected chi connectivity index (χ1v) is 5.37. The minimum Gasteiger partial charge on any atom is -0.381 e. The predicted octanol–water partition coefficient (Wildman–Crippen LogP) is 0.705. The topological polar surface area (TPSA) is 87.3 Å². The Morgan fingerprint density at radius 1 is 1.76 bits per heavy atom. The molecule has 0 saturated carbocycles. The lowest BCUT2D eigenvalue weighted by Gasteiger charge is -2.03. The number of rotatable bonds is 4. The zero-order valence-electron chi connectivity index (χ0n) is 9.46. The van der Waals surface area contributed by atoms with Gasteiger partial charge in [0, 0.05) is 12.5 Å². The van der Waals surface area contributed by atoms with Crippen LogP contribution in [0.25, 0.3) is 0 Å². The van der Waals surface area contributed by atoms with Crippen LogP contribution < -0.4 is 0 Å². The molecule has 2 rings (SSSR count). The van der Waals surface area contributed by atoms with Gasteiger partial charge in [-0.15, -0.1) is 0 Å². The number of aryl methyl sites for hydroxylation is 1. The van der Waals surface area contributed by atoms with Crippen molar-refractivity contribution in [3.8, 4) is 0 Å². The van der Waals surface area contributed by atoms with Crippen molar-refractivity contribution in [2.24, 2.45) is 5.92 Å². The molecule has 7 nitrogen and oxygen atoms in total. The van der Waals surface area contributed by atoms with Gasteiger partial charge in [0.15, 0.2) is 5.78 Å². The molecule has 0 radical (unpaired) electrons. The van der Waals surface area contributed by atoms with Gasteiger partial charge >= 0.3 is 5.82 Å². The lowest BCUT2D eigenvalue weighted by Crippen LogP contribution is -2.20. The second kappa shape index (κ2) is 4.62. The average molecular weight is 239 g/mol. The SMILES string of the molecule is Cc1cn(CC(=O)C2CCOC2)nc1[N+](=O)[O-]. The van der Waals surface area contributed by atoms with E-state index in [1.807, 2.05) is 0 Å². The van der Waals surface area contributed by atoms with Gasteiger partial charge in [-0.25, -0.2) is 0 Å². The summed E-state index contributed by atoms with van der Waals surface area (Å²) in [7, 11) is 0. The van der Waals surface area contributed by atoms with Crippen molar-refractivity contribution in [2.45, 2.75) is 19.9 Å². The maximum Gasteiger partial charge on any atom is 0.392 e. The number of hydrogen-bond acceptors (Lipinski definition) is 5. The standard InChI is InChI=1S/C10H13N3O4/c1-7-4-12(11-10(7)13(15)16)5-9(14)8-2-3-17-6-8/h4,8H,2-3,5-6H2,1H3. The van der Waals surface area contributed by atoms with Gasteiger partial charge in [0.1, 0.15) is 6.54 Å². The number of aromatic nitrogens is 2.